The number of hydrogen-bond donors (Lipinski definition) is 5. The Morgan fingerprint density at radius 1 is 1.03 bits per heavy atom. The molecule has 0 saturated carbocycles. The van der Waals surface area contributed by atoms with Gasteiger partial charge >= 0.3 is 0 Å². The van der Waals surface area contributed by atoms with Crippen molar-refractivity contribution in [3.8, 4) is 5.75 Å². The Hall–Kier alpha value is -1.79. The van der Waals surface area contributed by atoms with E-state index >= 15 is 0 Å². The second kappa shape index (κ2) is 10.6. The first-order valence-electron chi connectivity index (χ1n) is 10.7. The minimum Gasteiger partial charge on any atom is -0.488 e. The number of aliphatic hydroxyl groups is 4. The molecule has 2 saturated heterocycles. The van der Waals surface area contributed by atoms with Crippen LogP contribution in [0.15, 0.2) is 42.5 Å². The quantitative estimate of drug-likeness (QED) is 0.294. The van der Waals surface area contributed by atoms with Gasteiger partial charge in [-0.25, -0.2) is 4.89 Å². The standard InChI is InChI=1S/C23H27ClO9/c24-17-6-3-13(23-21(28)20(27)19(26)18(10-25)32-23)9-16(17)22(33-29)12-1-4-14(5-2-12)31-15-7-8-30-11-15/h1-6,9,15,18-23,25-29H,7-8,10-11H2/t15-,18+,19+,20-,21+,22?,23?/m0/s1. The van der Waals surface area contributed by atoms with E-state index in [1.807, 2.05) is 0 Å². The Morgan fingerprint density at radius 2 is 1.79 bits per heavy atom. The molecule has 2 heterocycles. The van der Waals surface area contributed by atoms with Gasteiger partial charge in [-0.15, -0.1) is 0 Å². The van der Waals surface area contributed by atoms with E-state index in [1.54, 1.807) is 42.5 Å². The second-order valence-corrected chi connectivity index (χ2v) is 8.60. The van der Waals surface area contributed by atoms with Crippen LogP contribution in [0.2, 0.25) is 5.02 Å². The fourth-order valence-electron chi connectivity index (χ4n) is 4.13. The Kier molecular flexibility index (Phi) is 7.85. The minimum atomic E-state index is -1.51. The lowest BCUT2D eigenvalue weighted by atomic mass is 9.89. The van der Waals surface area contributed by atoms with Crippen molar-refractivity contribution in [2.45, 2.75) is 49.1 Å². The summed E-state index contributed by atoms with van der Waals surface area (Å²) in [4.78, 5) is 4.75. The summed E-state index contributed by atoms with van der Waals surface area (Å²) in [5, 5.41) is 50.0. The molecule has 5 N–H and O–H groups in total. The van der Waals surface area contributed by atoms with E-state index in [9.17, 15) is 25.7 Å². The molecule has 2 fully saturated rings. The molecule has 0 aliphatic carbocycles. The van der Waals surface area contributed by atoms with Crippen LogP contribution >= 0.6 is 11.6 Å². The van der Waals surface area contributed by atoms with Crippen molar-refractivity contribution in [3.05, 3.63) is 64.2 Å². The summed E-state index contributed by atoms with van der Waals surface area (Å²) < 4.78 is 16.8. The van der Waals surface area contributed by atoms with E-state index < -0.39 is 43.2 Å². The van der Waals surface area contributed by atoms with Crippen molar-refractivity contribution in [2.24, 2.45) is 0 Å². The Balaban J connectivity index is 1.58. The predicted molar refractivity (Wildman–Crippen MR) is 116 cm³/mol. The van der Waals surface area contributed by atoms with Crippen LogP contribution < -0.4 is 4.74 Å². The van der Waals surface area contributed by atoms with E-state index in [4.69, 9.17) is 30.7 Å². The summed E-state index contributed by atoms with van der Waals surface area (Å²) >= 11 is 6.38. The van der Waals surface area contributed by atoms with Gasteiger partial charge in [0.15, 0.2) is 0 Å². The minimum absolute atomic E-state index is 0.00500. The van der Waals surface area contributed by atoms with E-state index in [-0.39, 0.29) is 6.10 Å². The molecule has 2 aromatic rings. The molecule has 0 aromatic heterocycles. The molecule has 2 aliphatic rings. The molecule has 9 nitrogen and oxygen atoms in total. The lowest BCUT2D eigenvalue weighted by Gasteiger charge is -2.40. The van der Waals surface area contributed by atoms with Crippen LogP contribution in [0.5, 0.6) is 5.75 Å². The molecule has 2 aliphatic heterocycles. The number of hydrogen-bond acceptors (Lipinski definition) is 9. The van der Waals surface area contributed by atoms with Gasteiger partial charge in [-0.3, -0.25) is 5.26 Å². The van der Waals surface area contributed by atoms with Gasteiger partial charge in [0.25, 0.3) is 0 Å². The topological polar surface area (TPSA) is 138 Å². The molecule has 10 heteroatoms. The summed E-state index contributed by atoms with van der Waals surface area (Å²) in [7, 11) is 0. The Morgan fingerprint density at radius 3 is 2.42 bits per heavy atom. The largest absolute Gasteiger partial charge is 0.488 e. The zero-order valence-corrected chi connectivity index (χ0v) is 18.4. The van der Waals surface area contributed by atoms with Gasteiger partial charge in [0.05, 0.1) is 19.8 Å². The molecule has 0 radical (unpaired) electrons. The van der Waals surface area contributed by atoms with Gasteiger partial charge in [-0.2, -0.15) is 0 Å². The predicted octanol–water partition coefficient (Wildman–Crippen LogP) is 1.60. The zero-order valence-electron chi connectivity index (χ0n) is 17.7. The Bertz CT molecular complexity index is 917. The second-order valence-electron chi connectivity index (χ2n) is 8.19. The van der Waals surface area contributed by atoms with E-state index in [1.165, 1.54) is 0 Å². The molecule has 33 heavy (non-hydrogen) atoms. The van der Waals surface area contributed by atoms with Crippen LogP contribution in [0.1, 0.15) is 35.3 Å². The van der Waals surface area contributed by atoms with Gasteiger partial charge in [0, 0.05) is 17.0 Å². The average Bonchev–Trinajstić information content (AvgIpc) is 3.34. The molecule has 2 unspecified atom stereocenters. The molecular formula is C23H27ClO9. The zero-order chi connectivity index (χ0) is 23.5. The average molecular weight is 483 g/mol. The third-order valence-electron chi connectivity index (χ3n) is 6.00. The third-order valence-corrected chi connectivity index (χ3v) is 6.35. The molecule has 7 atom stereocenters. The lowest BCUT2D eigenvalue weighted by molar-refractivity contribution is -0.270. The van der Waals surface area contributed by atoms with Crippen molar-refractivity contribution in [1.29, 1.82) is 0 Å². The summed E-state index contributed by atoms with van der Waals surface area (Å²) in [5.41, 5.74) is 1.42. The van der Waals surface area contributed by atoms with E-state index in [0.717, 1.165) is 6.42 Å². The number of rotatable bonds is 7. The molecule has 2 aromatic carbocycles. The lowest BCUT2D eigenvalue weighted by Crippen LogP contribution is -2.55. The van der Waals surface area contributed by atoms with Crippen LogP contribution in [0, 0.1) is 0 Å². The molecule has 0 amide bonds. The fraction of sp³-hybridized carbons (Fsp3) is 0.478. The van der Waals surface area contributed by atoms with Crippen molar-refractivity contribution >= 4 is 11.6 Å². The maximum Gasteiger partial charge on any atom is 0.144 e. The number of aliphatic hydroxyl groups excluding tert-OH is 4. The molecule has 0 bridgehead atoms. The first-order chi connectivity index (χ1) is 15.9. The Labute approximate surface area is 195 Å². The number of benzene rings is 2. The van der Waals surface area contributed by atoms with Crippen LogP contribution in [-0.2, 0) is 14.4 Å². The van der Waals surface area contributed by atoms with Crippen molar-refractivity contribution in [2.75, 3.05) is 19.8 Å². The monoisotopic (exact) mass is 482 g/mol. The maximum atomic E-state index is 10.4. The van der Waals surface area contributed by atoms with Gasteiger partial charge in [0.1, 0.15) is 48.5 Å². The first kappa shape index (κ1) is 24.3. The molecule has 4 rings (SSSR count). The van der Waals surface area contributed by atoms with Gasteiger partial charge in [0.2, 0.25) is 0 Å². The summed E-state index contributed by atoms with van der Waals surface area (Å²) in [6.07, 6.45) is -6.63. The SMILES string of the molecule is OC[C@H]1OC(c2ccc(Cl)c(C(OO)c3ccc(O[C@H]4CCOC4)cc3)c2)[C@H](O)[C@@H](O)[C@@H]1O. The van der Waals surface area contributed by atoms with Gasteiger partial charge < -0.3 is 34.6 Å². The van der Waals surface area contributed by atoms with Crippen LogP contribution in [-0.4, -0.2) is 76.0 Å². The first-order valence-corrected chi connectivity index (χ1v) is 11.0. The van der Waals surface area contributed by atoms with Crippen LogP contribution in [0.4, 0.5) is 0 Å². The highest BCUT2D eigenvalue weighted by Gasteiger charge is 2.44. The highest BCUT2D eigenvalue weighted by Crippen LogP contribution is 2.37. The van der Waals surface area contributed by atoms with Gasteiger partial charge in [-0.1, -0.05) is 29.8 Å². The van der Waals surface area contributed by atoms with Crippen molar-refractivity contribution in [1.82, 2.24) is 0 Å². The van der Waals surface area contributed by atoms with Crippen molar-refractivity contribution < 1.29 is 44.8 Å². The van der Waals surface area contributed by atoms with Crippen LogP contribution in [0.25, 0.3) is 0 Å². The smallest absolute Gasteiger partial charge is 0.144 e. The maximum absolute atomic E-state index is 10.4. The van der Waals surface area contributed by atoms with Gasteiger partial charge in [-0.05, 0) is 35.4 Å². The third kappa shape index (κ3) is 5.17. The summed E-state index contributed by atoms with van der Waals surface area (Å²) in [6, 6.07) is 11.7. The van der Waals surface area contributed by atoms with E-state index in [2.05, 4.69) is 0 Å². The highest BCUT2D eigenvalue weighted by atomic mass is 35.5. The summed E-state index contributed by atoms with van der Waals surface area (Å²) in [5.74, 6) is 0.659. The number of halogens is 1. The summed E-state index contributed by atoms with van der Waals surface area (Å²) in [6.45, 7) is 0.683. The fourth-order valence-corrected chi connectivity index (χ4v) is 4.35. The number of ether oxygens (including phenoxy) is 3. The normalized spacial score (nSPS) is 30.8. The molecule has 0 spiro atoms. The van der Waals surface area contributed by atoms with E-state index in [0.29, 0.717) is 40.7 Å². The molecular weight excluding hydrogens is 456 g/mol. The highest BCUT2D eigenvalue weighted by molar-refractivity contribution is 6.31. The van der Waals surface area contributed by atoms with Crippen LogP contribution in [0.3, 0.4) is 0 Å². The molecule has 180 valence electrons. The van der Waals surface area contributed by atoms with Crippen molar-refractivity contribution in [3.63, 3.8) is 0 Å².